The third-order valence-electron chi connectivity index (χ3n) is 3.66. The van der Waals surface area contributed by atoms with Gasteiger partial charge in [0.1, 0.15) is 0 Å². The number of rotatable bonds is 2. The summed E-state index contributed by atoms with van der Waals surface area (Å²) >= 11 is 6.06. The SMILES string of the molecule is NCc1cc(Cl)ccc1N1CCCc2ccccc21. The normalized spacial score (nSPS) is 14.3. The van der Waals surface area contributed by atoms with E-state index in [-0.39, 0.29) is 0 Å². The summed E-state index contributed by atoms with van der Waals surface area (Å²) in [4.78, 5) is 2.36. The monoisotopic (exact) mass is 272 g/mol. The predicted octanol–water partition coefficient (Wildman–Crippen LogP) is 3.88. The van der Waals surface area contributed by atoms with Crippen LogP contribution in [0.25, 0.3) is 0 Å². The summed E-state index contributed by atoms with van der Waals surface area (Å²) in [6.07, 6.45) is 2.32. The smallest absolute Gasteiger partial charge is 0.0457 e. The van der Waals surface area contributed by atoms with Crippen LogP contribution in [0.3, 0.4) is 0 Å². The van der Waals surface area contributed by atoms with E-state index in [4.69, 9.17) is 17.3 Å². The molecule has 19 heavy (non-hydrogen) atoms. The molecule has 0 unspecified atom stereocenters. The lowest BCUT2D eigenvalue weighted by molar-refractivity contribution is 0.763. The van der Waals surface area contributed by atoms with Gasteiger partial charge in [-0.05, 0) is 48.2 Å². The van der Waals surface area contributed by atoms with E-state index in [2.05, 4.69) is 35.2 Å². The highest BCUT2D eigenvalue weighted by Gasteiger charge is 2.19. The van der Waals surface area contributed by atoms with Crippen molar-refractivity contribution in [1.82, 2.24) is 0 Å². The van der Waals surface area contributed by atoms with Gasteiger partial charge in [0.2, 0.25) is 0 Å². The van der Waals surface area contributed by atoms with Crippen LogP contribution in [0, 0.1) is 0 Å². The van der Waals surface area contributed by atoms with Gasteiger partial charge in [0.05, 0.1) is 0 Å². The van der Waals surface area contributed by atoms with E-state index < -0.39 is 0 Å². The van der Waals surface area contributed by atoms with E-state index in [1.165, 1.54) is 23.4 Å². The third kappa shape index (κ3) is 2.34. The van der Waals surface area contributed by atoms with Crippen LogP contribution in [0.2, 0.25) is 5.02 Å². The number of anilines is 2. The lowest BCUT2D eigenvalue weighted by atomic mass is 10.00. The largest absolute Gasteiger partial charge is 0.341 e. The molecule has 0 aliphatic carbocycles. The van der Waals surface area contributed by atoms with Crippen LogP contribution in [0.15, 0.2) is 42.5 Å². The molecule has 2 aromatic carbocycles. The van der Waals surface area contributed by atoms with Crippen molar-refractivity contribution in [1.29, 1.82) is 0 Å². The Labute approximate surface area is 118 Å². The van der Waals surface area contributed by atoms with Gasteiger partial charge in [0.15, 0.2) is 0 Å². The third-order valence-corrected chi connectivity index (χ3v) is 3.90. The molecule has 1 aliphatic heterocycles. The lowest BCUT2D eigenvalue weighted by Gasteiger charge is -2.32. The molecule has 0 saturated heterocycles. The maximum Gasteiger partial charge on any atom is 0.0457 e. The zero-order valence-electron chi connectivity index (χ0n) is 10.8. The van der Waals surface area contributed by atoms with Crippen LogP contribution >= 0.6 is 11.6 Å². The van der Waals surface area contributed by atoms with Gasteiger partial charge >= 0.3 is 0 Å². The Morgan fingerprint density at radius 1 is 1.11 bits per heavy atom. The first-order chi connectivity index (χ1) is 9.29. The summed E-state index contributed by atoms with van der Waals surface area (Å²) in [7, 11) is 0. The van der Waals surface area contributed by atoms with Gasteiger partial charge in [0.25, 0.3) is 0 Å². The van der Waals surface area contributed by atoms with Gasteiger partial charge in [0, 0.05) is 29.5 Å². The van der Waals surface area contributed by atoms with Crippen LogP contribution in [0.5, 0.6) is 0 Å². The van der Waals surface area contributed by atoms with Gasteiger partial charge in [-0.3, -0.25) is 0 Å². The molecule has 0 radical (unpaired) electrons. The number of hydrogen-bond acceptors (Lipinski definition) is 2. The summed E-state index contributed by atoms with van der Waals surface area (Å²) in [6.45, 7) is 1.54. The maximum atomic E-state index is 6.06. The van der Waals surface area contributed by atoms with E-state index in [0.717, 1.165) is 23.6 Å². The van der Waals surface area contributed by atoms with Gasteiger partial charge in [-0.15, -0.1) is 0 Å². The molecule has 0 saturated carbocycles. The highest BCUT2D eigenvalue weighted by Crippen LogP contribution is 2.35. The minimum Gasteiger partial charge on any atom is -0.341 e. The van der Waals surface area contributed by atoms with Crippen LogP contribution in [-0.4, -0.2) is 6.54 Å². The fraction of sp³-hybridized carbons (Fsp3) is 0.250. The maximum absolute atomic E-state index is 6.06. The standard InChI is InChI=1S/C16H17ClN2/c17-14-7-8-16(13(10-14)11-18)19-9-3-5-12-4-1-2-6-15(12)19/h1-2,4,6-8,10H,3,5,9,11,18H2. The molecule has 2 N–H and O–H groups in total. The Bertz CT molecular complexity index is 595. The molecule has 0 atom stereocenters. The van der Waals surface area contributed by atoms with Crippen LogP contribution < -0.4 is 10.6 Å². The predicted molar refractivity (Wildman–Crippen MR) is 81.1 cm³/mol. The molecule has 98 valence electrons. The van der Waals surface area contributed by atoms with Crippen molar-refractivity contribution in [2.24, 2.45) is 5.73 Å². The number of hydrogen-bond donors (Lipinski definition) is 1. The van der Waals surface area contributed by atoms with Crippen molar-refractivity contribution in [3.63, 3.8) is 0 Å². The molecule has 3 rings (SSSR count). The number of nitrogens with two attached hydrogens (primary N) is 1. The lowest BCUT2D eigenvalue weighted by Crippen LogP contribution is -2.25. The average molecular weight is 273 g/mol. The fourth-order valence-electron chi connectivity index (χ4n) is 2.76. The van der Waals surface area contributed by atoms with Gasteiger partial charge in [-0.2, -0.15) is 0 Å². The summed E-state index contributed by atoms with van der Waals surface area (Å²) < 4.78 is 0. The first-order valence-corrected chi connectivity index (χ1v) is 7.01. The Kier molecular flexibility index (Phi) is 3.45. The van der Waals surface area contributed by atoms with Crippen molar-refractivity contribution in [3.8, 4) is 0 Å². The van der Waals surface area contributed by atoms with E-state index in [9.17, 15) is 0 Å². The van der Waals surface area contributed by atoms with Crippen LogP contribution in [0.4, 0.5) is 11.4 Å². The van der Waals surface area contributed by atoms with Crippen molar-refractivity contribution in [3.05, 3.63) is 58.6 Å². The molecule has 2 aromatic rings. The van der Waals surface area contributed by atoms with Crippen molar-refractivity contribution in [2.75, 3.05) is 11.4 Å². The summed E-state index contributed by atoms with van der Waals surface area (Å²) in [6, 6.07) is 14.6. The second-order valence-electron chi connectivity index (χ2n) is 4.86. The molecule has 2 nitrogen and oxygen atoms in total. The zero-order valence-corrected chi connectivity index (χ0v) is 11.5. The second-order valence-corrected chi connectivity index (χ2v) is 5.30. The molecule has 0 aromatic heterocycles. The number of fused-ring (bicyclic) bond motifs is 1. The highest BCUT2D eigenvalue weighted by atomic mass is 35.5. The second kappa shape index (κ2) is 5.24. The van der Waals surface area contributed by atoms with Crippen LogP contribution in [0.1, 0.15) is 17.5 Å². The minimum atomic E-state index is 0.508. The minimum absolute atomic E-state index is 0.508. The fourth-order valence-corrected chi connectivity index (χ4v) is 2.96. The Morgan fingerprint density at radius 3 is 2.79 bits per heavy atom. The highest BCUT2D eigenvalue weighted by molar-refractivity contribution is 6.30. The number of aryl methyl sites for hydroxylation is 1. The van der Waals surface area contributed by atoms with E-state index in [1.807, 2.05) is 12.1 Å². The topological polar surface area (TPSA) is 29.3 Å². The average Bonchev–Trinajstić information content (AvgIpc) is 2.46. The first-order valence-electron chi connectivity index (χ1n) is 6.63. The molecule has 1 heterocycles. The molecular weight excluding hydrogens is 256 g/mol. The zero-order chi connectivity index (χ0) is 13.2. The van der Waals surface area contributed by atoms with Gasteiger partial charge in [-0.1, -0.05) is 29.8 Å². The molecule has 1 aliphatic rings. The van der Waals surface area contributed by atoms with Crippen molar-refractivity contribution in [2.45, 2.75) is 19.4 Å². The van der Waals surface area contributed by atoms with E-state index in [0.29, 0.717) is 6.54 Å². The van der Waals surface area contributed by atoms with Gasteiger partial charge < -0.3 is 10.6 Å². The number of halogens is 1. The van der Waals surface area contributed by atoms with Crippen molar-refractivity contribution < 1.29 is 0 Å². The molecule has 0 fully saturated rings. The Morgan fingerprint density at radius 2 is 1.95 bits per heavy atom. The molecular formula is C16H17ClN2. The van der Waals surface area contributed by atoms with Crippen LogP contribution in [-0.2, 0) is 13.0 Å². The summed E-state index contributed by atoms with van der Waals surface area (Å²) in [5, 5.41) is 0.745. The molecule has 0 bridgehead atoms. The Hall–Kier alpha value is -1.51. The molecule has 3 heteroatoms. The molecule has 0 spiro atoms. The summed E-state index contributed by atoms with van der Waals surface area (Å²) in [5.74, 6) is 0. The first kappa shape index (κ1) is 12.5. The number of nitrogens with zero attached hydrogens (tertiary/aromatic N) is 1. The number of benzene rings is 2. The Balaban J connectivity index is 2.09. The van der Waals surface area contributed by atoms with Crippen molar-refractivity contribution >= 4 is 23.0 Å². The van der Waals surface area contributed by atoms with Gasteiger partial charge in [-0.25, -0.2) is 0 Å². The van der Waals surface area contributed by atoms with E-state index >= 15 is 0 Å². The quantitative estimate of drug-likeness (QED) is 0.899. The van der Waals surface area contributed by atoms with E-state index in [1.54, 1.807) is 0 Å². The number of para-hydroxylation sites is 1. The summed E-state index contributed by atoms with van der Waals surface area (Å²) in [5.41, 5.74) is 10.8. The molecule has 0 amide bonds.